The Bertz CT molecular complexity index is 217. The molecule has 0 amide bonds. The summed E-state index contributed by atoms with van der Waals surface area (Å²) in [6.07, 6.45) is 0. The van der Waals surface area contributed by atoms with Crippen molar-refractivity contribution < 1.29 is 35.0 Å². The largest absolute Gasteiger partial charge is 2.00 e. The van der Waals surface area contributed by atoms with Gasteiger partial charge in [-0.2, -0.15) is 8.42 Å². The minimum absolute atomic E-state index is 0. The van der Waals surface area contributed by atoms with Crippen molar-refractivity contribution in [2.24, 2.45) is 0 Å². The summed E-state index contributed by atoms with van der Waals surface area (Å²) in [6, 6.07) is 0. The van der Waals surface area contributed by atoms with Gasteiger partial charge in [0, 0.05) is 10.4 Å². The first-order valence-corrected chi connectivity index (χ1v) is 4.10. The second kappa shape index (κ2) is 11.3. The predicted octanol–water partition coefficient (Wildman–Crippen LogP) is -2.05. The molecule has 0 atom stereocenters. The third-order valence-corrected chi connectivity index (χ3v) is 0. The summed E-state index contributed by atoms with van der Waals surface area (Å²) in [5, 5.41) is 0. The molecule has 0 aromatic carbocycles. The molecule has 0 radical (unpaired) electrons. The second-order valence-corrected chi connectivity index (χ2v) is 2.57. The second-order valence-electron chi connectivity index (χ2n) is 0.856. The maximum Gasteiger partial charge on any atom is 2.00 e. The first kappa shape index (κ1) is 29.2. The van der Waals surface area contributed by atoms with E-state index in [0.29, 0.717) is 0 Å². The summed E-state index contributed by atoms with van der Waals surface area (Å²) in [5.74, 6) is 0. The molecule has 0 saturated carbocycles. The van der Waals surface area contributed by atoms with E-state index in [0.717, 1.165) is 0 Å². The Morgan fingerprint density at radius 3 is 0.846 bits per heavy atom. The van der Waals surface area contributed by atoms with E-state index in [1.165, 1.54) is 0 Å². The average molecular weight is 366 g/mol. The maximum atomic E-state index is 8.74. The molecule has 0 rings (SSSR count). The van der Waals surface area contributed by atoms with Gasteiger partial charge in [0.15, 0.2) is 0 Å². The van der Waals surface area contributed by atoms with Crippen LogP contribution in [0.25, 0.3) is 0 Å². The monoisotopic (exact) mass is 366 g/mol. The zero-order valence-electron chi connectivity index (χ0n) is 6.28. The molecular formula is H8BaN2O8S2. The van der Waals surface area contributed by atoms with Crippen molar-refractivity contribution in [1.29, 1.82) is 0 Å². The summed E-state index contributed by atoms with van der Waals surface area (Å²) in [5.41, 5.74) is 0. The average Bonchev–Trinajstić information content (AvgIpc) is 1.12. The molecular weight excluding hydrogens is 357 g/mol. The fourth-order valence-electron chi connectivity index (χ4n) is 0. The van der Waals surface area contributed by atoms with Crippen LogP contribution in [0.1, 0.15) is 0 Å². The van der Waals surface area contributed by atoms with E-state index in [1.807, 2.05) is 0 Å². The molecule has 0 aromatic heterocycles. The Labute approximate surface area is 115 Å². The Balaban J connectivity index is -0.0000000267. The van der Waals surface area contributed by atoms with Gasteiger partial charge in [0.1, 0.15) is 0 Å². The van der Waals surface area contributed by atoms with E-state index in [4.69, 9.17) is 35.0 Å². The van der Waals surface area contributed by atoms with Crippen molar-refractivity contribution in [3.63, 3.8) is 0 Å². The van der Waals surface area contributed by atoms with Crippen LogP contribution in [0.15, 0.2) is 0 Å². The molecule has 0 spiro atoms. The number of hydrogen-bond donors (Lipinski definition) is 4. The Kier molecular flexibility index (Phi) is 25.4. The minimum Gasteiger partial charge on any atom is -0.759 e. The Morgan fingerprint density at radius 1 is 0.846 bits per heavy atom. The Morgan fingerprint density at radius 2 is 0.846 bits per heavy atom. The fourth-order valence-corrected chi connectivity index (χ4v) is 0. The smallest absolute Gasteiger partial charge is 0.759 e. The van der Waals surface area contributed by atoms with Gasteiger partial charge < -0.3 is 21.4 Å². The van der Waals surface area contributed by atoms with E-state index in [2.05, 4.69) is 0 Å². The van der Waals surface area contributed by atoms with Gasteiger partial charge in [0.2, 0.25) is 0 Å². The van der Waals surface area contributed by atoms with Gasteiger partial charge >= 0.3 is 59.3 Å². The molecule has 13 heteroatoms. The SMILES string of the molecule is N.N.O=S(=O)(O)O.O=S(=O)([O-])[O-].[Ba+2]. The molecule has 0 aliphatic heterocycles. The van der Waals surface area contributed by atoms with Gasteiger partial charge in [0.25, 0.3) is 0 Å². The summed E-state index contributed by atoms with van der Waals surface area (Å²) in [7, 11) is -9.83. The third-order valence-electron chi connectivity index (χ3n) is 0. The van der Waals surface area contributed by atoms with Crippen molar-refractivity contribution in [3.8, 4) is 0 Å². The van der Waals surface area contributed by atoms with Crippen molar-refractivity contribution in [1.82, 2.24) is 12.3 Å². The fraction of sp³-hybridized carbons (Fsp3) is 0. The van der Waals surface area contributed by atoms with Crippen molar-refractivity contribution in [3.05, 3.63) is 0 Å². The summed E-state index contributed by atoms with van der Waals surface area (Å²) in [6.45, 7) is 0. The van der Waals surface area contributed by atoms with Crippen LogP contribution in [0.3, 0.4) is 0 Å². The number of rotatable bonds is 0. The molecule has 80 valence electrons. The zero-order chi connectivity index (χ0) is 9.00. The molecule has 0 bridgehead atoms. The maximum absolute atomic E-state index is 8.74. The minimum atomic E-state index is -5.17. The van der Waals surface area contributed by atoms with Crippen LogP contribution in [0.5, 0.6) is 0 Å². The molecule has 0 fully saturated rings. The molecule has 0 aliphatic rings. The third kappa shape index (κ3) is 1100. The molecule has 0 aliphatic carbocycles. The Hall–Kier alpha value is 1.23. The first-order chi connectivity index (χ1) is 4.00. The quantitative estimate of drug-likeness (QED) is 0.208. The molecule has 10 nitrogen and oxygen atoms in total. The van der Waals surface area contributed by atoms with Crippen LogP contribution >= 0.6 is 0 Å². The van der Waals surface area contributed by atoms with Gasteiger partial charge in [0.05, 0.1) is 0 Å². The van der Waals surface area contributed by atoms with Crippen LogP contribution in [0, 0.1) is 0 Å². The van der Waals surface area contributed by atoms with Gasteiger partial charge in [-0.05, 0) is 0 Å². The van der Waals surface area contributed by atoms with Gasteiger partial charge in [-0.25, -0.2) is 0 Å². The van der Waals surface area contributed by atoms with Crippen LogP contribution in [0.4, 0.5) is 0 Å². The molecule has 0 unspecified atom stereocenters. The van der Waals surface area contributed by atoms with E-state index < -0.39 is 20.8 Å². The standard InChI is InChI=1S/Ba.2H3N.2H2O4S/c;;;2*1-5(2,3)4/h;2*1H3;2*(H2,1,2,3,4)/q+2;;;;/p-2. The topological polar surface area (TPSA) is 225 Å². The van der Waals surface area contributed by atoms with E-state index in [9.17, 15) is 0 Å². The van der Waals surface area contributed by atoms with Crippen molar-refractivity contribution >= 4 is 69.7 Å². The number of hydrogen-bond acceptors (Lipinski definition) is 8. The van der Waals surface area contributed by atoms with Crippen LogP contribution in [0.2, 0.25) is 0 Å². The van der Waals surface area contributed by atoms with E-state index >= 15 is 0 Å². The predicted molar refractivity (Wildman–Crippen MR) is 40.5 cm³/mol. The van der Waals surface area contributed by atoms with Gasteiger partial charge in [-0.15, -0.1) is 0 Å². The summed E-state index contributed by atoms with van der Waals surface area (Å²) in [4.78, 5) is 0. The summed E-state index contributed by atoms with van der Waals surface area (Å²) >= 11 is 0. The summed E-state index contributed by atoms with van der Waals surface area (Å²) < 4.78 is 65.7. The molecule has 13 heavy (non-hydrogen) atoms. The van der Waals surface area contributed by atoms with Crippen molar-refractivity contribution in [2.45, 2.75) is 0 Å². The first-order valence-electron chi connectivity index (χ1n) is 1.37. The zero-order valence-corrected chi connectivity index (χ0v) is 12.4. The van der Waals surface area contributed by atoms with E-state index in [-0.39, 0.29) is 61.2 Å². The molecule has 0 saturated heterocycles. The molecule has 8 N–H and O–H groups in total. The molecule has 0 aromatic rings. The van der Waals surface area contributed by atoms with Crippen LogP contribution in [-0.2, 0) is 20.8 Å². The molecule has 0 heterocycles. The van der Waals surface area contributed by atoms with Crippen LogP contribution in [-0.4, -0.2) is 83.9 Å². The van der Waals surface area contributed by atoms with Crippen LogP contribution < -0.4 is 12.3 Å². The van der Waals surface area contributed by atoms with Crippen molar-refractivity contribution in [2.75, 3.05) is 0 Å². The normalized spacial score (nSPS) is 8.92. The van der Waals surface area contributed by atoms with Gasteiger partial charge in [-0.3, -0.25) is 17.5 Å². The van der Waals surface area contributed by atoms with E-state index in [1.54, 1.807) is 0 Å². The van der Waals surface area contributed by atoms with Gasteiger partial charge in [-0.1, -0.05) is 0 Å².